The van der Waals surface area contributed by atoms with Crippen molar-refractivity contribution in [2.45, 2.75) is 6.42 Å². The summed E-state index contributed by atoms with van der Waals surface area (Å²) in [6.45, 7) is 0.217. The van der Waals surface area contributed by atoms with E-state index in [1.54, 1.807) is 12.1 Å². The molecule has 0 radical (unpaired) electrons. The van der Waals surface area contributed by atoms with E-state index in [1.807, 2.05) is 48.5 Å². The molecular weight excluding hydrogens is 356 g/mol. The summed E-state index contributed by atoms with van der Waals surface area (Å²) in [4.78, 5) is 31.8. The van der Waals surface area contributed by atoms with Crippen LogP contribution < -0.4 is 10.6 Å². The second kappa shape index (κ2) is 7.79. The maximum Gasteiger partial charge on any atom is 0.286 e. The number of fused-ring (bicyclic) bond motifs is 1. The Morgan fingerprint density at radius 2 is 1.93 bits per heavy atom. The topological polar surface area (TPSA) is 100 Å². The summed E-state index contributed by atoms with van der Waals surface area (Å²) >= 11 is 0. The minimum Gasteiger partial charge on any atom is -0.459 e. The highest BCUT2D eigenvalue weighted by atomic mass is 16.3. The quantitative estimate of drug-likeness (QED) is 0.480. The molecule has 4 rings (SSSR count). The van der Waals surface area contributed by atoms with E-state index in [9.17, 15) is 9.59 Å². The lowest BCUT2D eigenvalue weighted by atomic mass is 10.2. The molecule has 0 spiro atoms. The van der Waals surface area contributed by atoms with Crippen molar-refractivity contribution in [2.24, 2.45) is 0 Å². The van der Waals surface area contributed by atoms with E-state index in [0.29, 0.717) is 5.69 Å². The highest BCUT2D eigenvalue weighted by Crippen LogP contribution is 2.23. The fourth-order valence-electron chi connectivity index (χ4n) is 2.84. The van der Waals surface area contributed by atoms with Crippen molar-refractivity contribution in [2.75, 3.05) is 11.9 Å². The summed E-state index contributed by atoms with van der Waals surface area (Å²) in [7, 11) is 0. The predicted molar refractivity (Wildman–Crippen MR) is 106 cm³/mol. The first-order chi connectivity index (χ1) is 13.7. The molecule has 7 nitrogen and oxygen atoms in total. The molecule has 28 heavy (non-hydrogen) atoms. The Kier molecular flexibility index (Phi) is 4.88. The molecule has 0 saturated heterocycles. The van der Waals surface area contributed by atoms with Crippen LogP contribution in [0.1, 0.15) is 17.0 Å². The standard InChI is InChI=1S/C21H18N4O3/c26-19(10-11-22-21(27)18-9-4-12-28-18)23-15-6-3-5-14(13-15)20-24-16-7-1-2-8-17(16)25-20/h1-9,12-13H,10-11H2,(H,22,27)(H,23,26)(H,24,25). The highest BCUT2D eigenvalue weighted by molar-refractivity contribution is 5.93. The number of amides is 2. The minimum atomic E-state index is -0.343. The maximum absolute atomic E-state index is 12.2. The second-order valence-electron chi connectivity index (χ2n) is 6.21. The van der Waals surface area contributed by atoms with Gasteiger partial charge >= 0.3 is 0 Å². The van der Waals surface area contributed by atoms with Gasteiger partial charge in [-0.15, -0.1) is 0 Å². The van der Waals surface area contributed by atoms with E-state index in [0.717, 1.165) is 22.4 Å². The molecule has 2 aromatic carbocycles. The number of rotatable bonds is 6. The Bertz CT molecular complexity index is 1080. The van der Waals surface area contributed by atoms with Crippen LogP contribution in [-0.2, 0) is 4.79 Å². The van der Waals surface area contributed by atoms with Gasteiger partial charge in [0, 0.05) is 24.2 Å². The molecule has 0 atom stereocenters. The number of benzene rings is 2. The lowest BCUT2D eigenvalue weighted by molar-refractivity contribution is -0.116. The largest absolute Gasteiger partial charge is 0.459 e. The third-order valence-corrected chi connectivity index (χ3v) is 4.19. The zero-order chi connectivity index (χ0) is 19.3. The van der Waals surface area contributed by atoms with Crippen molar-refractivity contribution in [3.63, 3.8) is 0 Å². The van der Waals surface area contributed by atoms with E-state index in [-0.39, 0.29) is 30.5 Å². The number of furan rings is 1. The Morgan fingerprint density at radius 3 is 2.75 bits per heavy atom. The number of para-hydroxylation sites is 2. The Labute approximate surface area is 160 Å². The zero-order valence-electron chi connectivity index (χ0n) is 14.9. The van der Waals surface area contributed by atoms with Crippen LogP contribution in [0, 0.1) is 0 Å². The van der Waals surface area contributed by atoms with Crippen molar-refractivity contribution >= 4 is 28.5 Å². The Balaban J connectivity index is 1.36. The summed E-state index contributed by atoms with van der Waals surface area (Å²) in [6, 6.07) is 18.5. The van der Waals surface area contributed by atoms with Gasteiger partial charge < -0.3 is 20.0 Å². The summed E-state index contributed by atoms with van der Waals surface area (Å²) in [5.74, 6) is 0.424. The first-order valence-corrected chi connectivity index (χ1v) is 8.86. The van der Waals surface area contributed by atoms with E-state index in [1.165, 1.54) is 6.26 Å². The molecule has 0 aliphatic heterocycles. The van der Waals surface area contributed by atoms with Gasteiger partial charge in [-0.3, -0.25) is 9.59 Å². The van der Waals surface area contributed by atoms with Crippen LogP contribution in [-0.4, -0.2) is 28.3 Å². The molecule has 0 saturated carbocycles. The van der Waals surface area contributed by atoms with Crippen LogP contribution in [0.3, 0.4) is 0 Å². The average molecular weight is 374 g/mol. The molecular formula is C21H18N4O3. The number of aromatic amines is 1. The van der Waals surface area contributed by atoms with Crippen LogP contribution in [0.4, 0.5) is 5.69 Å². The summed E-state index contributed by atoms with van der Waals surface area (Å²) in [5, 5.41) is 5.48. The molecule has 0 bridgehead atoms. The fraction of sp³-hybridized carbons (Fsp3) is 0.0952. The third-order valence-electron chi connectivity index (χ3n) is 4.19. The van der Waals surface area contributed by atoms with Gasteiger partial charge in [-0.25, -0.2) is 4.98 Å². The molecule has 3 N–H and O–H groups in total. The van der Waals surface area contributed by atoms with E-state index < -0.39 is 0 Å². The van der Waals surface area contributed by atoms with Gasteiger partial charge in [0.2, 0.25) is 5.91 Å². The molecule has 0 unspecified atom stereocenters. The number of aromatic nitrogens is 2. The number of nitrogens with one attached hydrogen (secondary N) is 3. The molecule has 2 heterocycles. The van der Waals surface area contributed by atoms with Crippen LogP contribution >= 0.6 is 0 Å². The van der Waals surface area contributed by atoms with Gasteiger partial charge in [-0.05, 0) is 36.4 Å². The molecule has 7 heteroatoms. The number of nitrogens with zero attached hydrogens (tertiary/aromatic N) is 1. The van der Waals surface area contributed by atoms with Crippen LogP contribution in [0.25, 0.3) is 22.4 Å². The minimum absolute atomic E-state index is 0.154. The zero-order valence-corrected chi connectivity index (χ0v) is 14.9. The number of hydrogen-bond acceptors (Lipinski definition) is 4. The molecule has 0 aliphatic carbocycles. The van der Waals surface area contributed by atoms with Gasteiger partial charge in [-0.1, -0.05) is 24.3 Å². The number of carbonyl (C=O) groups excluding carboxylic acids is 2. The average Bonchev–Trinajstić information content (AvgIpc) is 3.38. The summed E-state index contributed by atoms with van der Waals surface area (Å²) in [6.07, 6.45) is 1.58. The van der Waals surface area contributed by atoms with Gasteiger partial charge in [0.15, 0.2) is 5.76 Å². The smallest absolute Gasteiger partial charge is 0.286 e. The van der Waals surface area contributed by atoms with Crippen LogP contribution in [0.2, 0.25) is 0 Å². The first-order valence-electron chi connectivity index (χ1n) is 8.86. The van der Waals surface area contributed by atoms with Crippen molar-refractivity contribution in [1.82, 2.24) is 15.3 Å². The normalized spacial score (nSPS) is 10.7. The van der Waals surface area contributed by atoms with Gasteiger partial charge in [0.1, 0.15) is 5.82 Å². The Hall–Kier alpha value is -3.87. The molecule has 2 aromatic heterocycles. The molecule has 2 amide bonds. The van der Waals surface area contributed by atoms with E-state index in [4.69, 9.17) is 4.42 Å². The van der Waals surface area contributed by atoms with Crippen molar-refractivity contribution in [3.05, 3.63) is 72.7 Å². The molecule has 4 aromatic rings. The van der Waals surface area contributed by atoms with Gasteiger partial charge in [-0.2, -0.15) is 0 Å². The number of anilines is 1. The van der Waals surface area contributed by atoms with Crippen molar-refractivity contribution in [1.29, 1.82) is 0 Å². The lowest BCUT2D eigenvalue weighted by Gasteiger charge is -2.07. The number of carbonyl (C=O) groups is 2. The lowest BCUT2D eigenvalue weighted by Crippen LogP contribution is -2.27. The molecule has 0 fully saturated rings. The third kappa shape index (κ3) is 3.93. The maximum atomic E-state index is 12.2. The summed E-state index contributed by atoms with van der Waals surface area (Å²) in [5.41, 5.74) is 3.39. The van der Waals surface area contributed by atoms with E-state index >= 15 is 0 Å². The van der Waals surface area contributed by atoms with Gasteiger partial charge in [0.05, 0.1) is 17.3 Å². The predicted octanol–water partition coefficient (Wildman–Crippen LogP) is 3.58. The highest BCUT2D eigenvalue weighted by Gasteiger charge is 2.10. The fourth-order valence-corrected chi connectivity index (χ4v) is 2.84. The monoisotopic (exact) mass is 374 g/mol. The number of hydrogen-bond donors (Lipinski definition) is 3. The summed E-state index contributed by atoms with van der Waals surface area (Å²) < 4.78 is 5.00. The van der Waals surface area contributed by atoms with Crippen LogP contribution in [0.5, 0.6) is 0 Å². The molecule has 0 aliphatic rings. The van der Waals surface area contributed by atoms with E-state index in [2.05, 4.69) is 20.6 Å². The number of imidazole rings is 1. The van der Waals surface area contributed by atoms with Crippen molar-refractivity contribution < 1.29 is 14.0 Å². The van der Waals surface area contributed by atoms with Crippen LogP contribution in [0.15, 0.2) is 71.3 Å². The molecule has 140 valence electrons. The van der Waals surface area contributed by atoms with Crippen molar-refractivity contribution in [3.8, 4) is 11.4 Å². The second-order valence-corrected chi connectivity index (χ2v) is 6.21. The Morgan fingerprint density at radius 1 is 1.04 bits per heavy atom. The SMILES string of the molecule is O=C(CCNC(=O)c1ccco1)Nc1cccc(-c2nc3ccccc3[nH]2)c1. The first kappa shape index (κ1) is 17.5. The number of H-pyrrole nitrogens is 1. The van der Waals surface area contributed by atoms with Gasteiger partial charge in [0.25, 0.3) is 5.91 Å².